The summed E-state index contributed by atoms with van der Waals surface area (Å²) in [7, 11) is 0. The summed E-state index contributed by atoms with van der Waals surface area (Å²) >= 11 is 8.02. The third-order valence-electron chi connectivity index (χ3n) is 5.27. The average Bonchev–Trinajstić information content (AvgIpc) is 3.09. The van der Waals surface area contributed by atoms with E-state index in [9.17, 15) is 4.79 Å². The number of nitrogens with zero attached hydrogens (tertiary/aromatic N) is 4. The molecule has 162 valence electrons. The molecule has 0 bridgehead atoms. The van der Waals surface area contributed by atoms with Gasteiger partial charge in [0.05, 0.1) is 23.0 Å². The Labute approximate surface area is 191 Å². The van der Waals surface area contributed by atoms with Crippen molar-refractivity contribution in [2.75, 3.05) is 16.8 Å². The van der Waals surface area contributed by atoms with Crippen LogP contribution in [0.1, 0.15) is 42.5 Å². The number of anilines is 2. The van der Waals surface area contributed by atoms with Crippen LogP contribution in [0.2, 0.25) is 5.02 Å². The molecule has 0 aromatic carbocycles. The van der Waals surface area contributed by atoms with Gasteiger partial charge in [-0.1, -0.05) is 49.8 Å². The average molecular weight is 456 g/mol. The molecule has 0 saturated heterocycles. The summed E-state index contributed by atoms with van der Waals surface area (Å²) in [5.41, 5.74) is 4.57. The predicted molar refractivity (Wildman–Crippen MR) is 127 cm³/mol. The van der Waals surface area contributed by atoms with E-state index in [1.165, 1.54) is 11.3 Å². The van der Waals surface area contributed by atoms with Gasteiger partial charge in [0.2, 0.25) is 5.91 Å². The molecule has 0 spiro atoms. The zero-order valence-electron chi connectivity index (χ0n) is 18.4. The number of hydrogen-bond acceptors (Lipinski definition) is 6. The normalized spacial score (nSPS) is 13.8. The van der Waals surface area contributed by atoms with E-state index in [1.54, 1.807) is 6.20 Å². The van der Waals surface area contributed by atoms with E-state index in [1.807, 2.05) is 46.9 Å². The Morgan fingerprint density at radius 3 is 2.68 bits per heavy atom. The van der Waals surface area contributed by atoms with Gasteiger partial charge >= 0.3 is 0 Å². The van der Waals surface area contributed by atoms with Gasteiger partial charge in [0.1, 0.15) is 5.82 Å². The molecule has 31 heavy (non-hydrogen) atoms. The zero-order chi connectivity index (χ0) is 22.3. The van der Waals surface area contributed by atoms with Crippen molar-refractivity contribution in [3.63, 3.8) is 0 Å². The molecule has 0 saturated carbocycles. The van der Waals surface area contributed by atoms with Crippen molar-refractivity contribution in [2.24, 2.45) is 5.41 Å². The first-order chi connectivity index (χ1) is 14.6. The first kappa shape index (κ1) is 21.7. The fraction of sp³-hybridized carbons (Fsp3) is 0.391. The van der Waals surface area contributed by atoms with E-state index in [0.29, 0.717) is 16.7 Å². The second-order valence-corrected chi connectivity index (χ2v) is 10.5. The maximum Gasteiger partial charge on any atom is 0.231 e. The van der Waals surface area contributed by atoms with Crippen LogP contribution in [-0.2, 0) is 17.8 Å². The highest BCUT2D eigenvalue weighted by atomic mass is 35.5. The van der Waals surface area contributed by atoms with Gasteiger partial charge in [0, 0.05) is 41.2 Å². The Hall–Kier alpha value is -2.51. The number of nitrogens with one attached hydrogen (secondary N) is 1. The molecule has 1 aliphatic rings. The van der Waals surface area contributed by atoms with Crippen molar-refractivity contribution in [1.29, 1.82) is 0 Å². The molecular weight excluding hydrogens is 430 g/mol. The number of hydrogen-bond donors (Lipinski definition) is 1. The van der Waals surface area contributed by atoms with Crippen molar-refractivity contribution in [1.82, 2.24) is 15.0 Å². The maximum atomic E-state index is 12.3. The number of pyridine rings is 2. The Morgan fingerprint density at radius 2 is 1.97 bits per heavy atom. The molecule has 4 heterocycles. The summed E-state index contributed by atoms with van der Waals surface area (Å²) in [6.07, 6.45) is 4.36. The van der Waals surface area contributed by atoms with Crippen molar-refractivity contribution in [3.8, 4) is 11.3 Å². The molecule has 8 heteroatoms. The third-order valence-corrected chi connectivity index (χ3v) is 6.57. The zero-order valence-corrected chi connectivity index (χ0v) is 20.0. The molecule has 1 N–H and O–H groups in total. The van der Waals surface area contributed by atoms with Gasteiger partial charge in [-0.3, -0.25) is 9.78 Å². The molecule has 0 fully saturated rings. The van der Waals surface area contributed by atoms with Crippen LogP contribution < -0.4 is 10.2 Å². The molecule has 0 radical (unpaired) electrons. The van der Waals surface area contributed by atoms with Crippen LogP contribution in [0.4, 0.5) is 10.9 Å². The Kier molecular flexibility index (Phi) is 5.75. The van der Waals surface area contributed by atoms with Crippen LogP contribution in [0.15, 0.2) is 24.5 Å². The van der Waals surface area contributed by atoms with E-state index in [2.05, 4.69) is 31.2 Å². The van der Waals surface area contributed by atoms with Gasteiger partial charge in [-0.25, -0.2) is 9.97 Å². The van der Waals surface area contributed by atoms with Gasteiger partial charge in [0.25, 0.3) is 0 Å². The number of carbonyl (C=O) groups excluding carboxylic acids is 1. The molecule has 0 atom stereocenters. The van der Waals surface area contributed by atoms with Gasteiger partial charge in [0.15, 0.2) is 5.13 Å². The van der Waals surface area contributed by atoms with Crippen LogP contribution in [0.3, 0.4) is 0 Å². The number of amides is 1. The highest BCUT2D eigenvalue weighted by Crippen LogP contribution is 2.35. The summed E-state index contributed by atoms with van der Waals surface area (Å²) in [5.74, 6) is 0.834. The second-order valence-electron chi connectivity index (χ2n) is 8.97. The molecular formula is C23H26ClN5OS. The largest absolute Gasteiger partial charge is 0.351 e. The summed E-state index contributed by atoms with van der Waals surface area (Å²) in [6, 6.07) is 4.12. The molecule has 0 unspecified atom stereocenters. The molecule has 1 aliphatic heterocycles. The molecule has 6 nitrogen and oxygen atoms in total. The molecule has 3 aromatic rings. The first-order valence-electron chi connectivity index (χ1n) is 10.3. The quantitative estimate of drug-likeness (QED) is 0.571. The fourth-order valence-electron chi connectivity index (χ4n) is 3.51. The SMILES string of the molecule is Cc1cnc(-c2cc(N3CCc4nc(NC(=O)C(C)(C)C)sc4C3)ncc2Cl)c(C)c1. The minimum absolute atomic E-state index is 0.0274. The lowest BCUT2D eigenvalue weighted by molar-refractivity contribution is -0.123. The van der Waals surface area contributed by atoms with E-state index in [4.69, 9.17) is 11.6 Å². The van der Waals surface area contributed by atoms with Crippen LogP contribution >= 0.6 is 22.9 Å². The Morgan fingerprint density at radius 1 is 1.19 bits per heavy atom. The molecule has 1 amide bonds. The monoisotopic (exact) mass is 455 g/mol. The summed E-state index contributed by atoms with van der Waals surface area (Å²) in [5, 5.41) is 4.20. The van der Waals surface area contributed by atoms with Crippen molar-refractivity contribution in [3.05, 3.63) is 51.2 Å². The van der Waals surface area contributed by atoms with E-state index < -0.39 is 5.41 Å². The Bertz CT molecular complexity index is 1150. The highest BCUT2D eigenvalue weighted by molar-refractivity contribution is 7.15. The van der Waals surface area contributed by atoms with Crippen LogP contribution in [0, 0.1) is 19.3 Å². The summed E-state index contributed by atoms with van der Waals surface area (Å²) in [6.45, 7) is 11.3. The second kappa shape index (κ2) is 8.20. The van der Waals surface area contributed by atoms with Crippen molar-refractivity contribution >= 4 is 39.8 Å². The Balaban J connectivity index is 1.58. The molecule has 4 rings (SSSR count). The van der Waals surface area contributed by atoms with Gasteiger partial charge in [-0.2, -0.15) is 0 Å². The minimum Gasteiger partial charge on any atom is -0.351 e. The van der Waals surface area contributed by atoms with Gasteiger partial charge < -0.3 is 10.2 Å². The lowest BCUT2D eigenvalue weighted by Gasteiger charge is -2.27. The van der Waals surface area contributed by atoms with E-state index in [-0.39, 0.29) is 5.91 Å². The minimum atomic E-state index is -0.454. The number of halogens is 1. The van der Waals surface area contributed by atoms with Gasteiger partial charge in [-0.15, -0.1) is 0 Å². The number of carbonyl (C=O) groups is 1. The molecule has 0 aliphatic carbocycles. The standard InChI is InChI=1S/C23H26ClN5OS/c1-13-8-14(2)20(26-10-13)15-9-19(25-11-16(15)24)29-7-6-17-18(12-29)31-22(27-17)28-21(30)23(3,4)5/h8-11H,6-7,12H2,1-5H3,(H,27,28,30). The predicted octanol–water partition coefficient (Wildman–Crippen LogP) is 5.42. The highest BCUT2D eigenvalue weighted by Gasteiger charge is 2.26. The van der Waals surface area contributed by atoms with Crippen LogP contribution in [-0.4, -0.2) is 27.4 Å². The van der Waals surface area contributed by atoms with E-state index >= 15 is 0 Å². The van der Waals surface area contributed by atoms with Crippen LogP contribution in [0.5, 0.6) is 0 Å². The van der Waals surface area contributed by atoms with Crippen molar-refractivity contribution < 1.29 is 4.79 Å². The topological polar surface area (TPSA) is 71.0 Å². The lowest BCUT2D eigenvalue weighted by atomic mass is 9.96. The first-order valence-corrected chi connectivity index (χ1v) is 11.5. The number of thiazole rings is 1. The summed E-state index contributed by atoms with van der Waals surface area (Å²) < 4.78 is 0. The lowest BCUT2D eigenvalue weighted by Crippen LogP contribution is -2.30. The maximum absolute atomic E-state index is 12.3. The van der Waals surface area contributed by atoms with Crippen LogP contribution in [0.25, 0.3) is 11.3 Å². The number of aryl methyl sites for hydroxylation is 2. The van der Waals surface area contributed by atoms with Gasteiger partial charge in [-0.05, 0) is 31.0 Å². The molecule has 3 aromatic heterocycles. The third kappa shape index (κ3) is 4.57. The fourth-order valence-corrected chi connectivity index (χ4v) is 4.72. The number of rotatable bonds is 3. The smallest absolute Gasteiger partial charge is 0.231 e. The summed E-state index contributed by atoms with van der Waals surface area (Å²) in [4.78, 5) is 29.5. The number of fused-ring (bicyclic) bond motifs is 1. The van der Waals surface area contributed by atoms with E-state index in [0.717, 1.165) is 51.7 Å². The number of aromatic nitrogens is 3. The van der Waals surface area contributed by atoms with Crippen molar-refractivity contribution in [2.45, 2.75) is 47.6 Å².